The summed E-state index contributed by atoms with van der Waals surface area (Å²) in [4.78, 5) is 0. The zero-order valence-corrected chi connectivity index (χ0v) is 12.3. The van der Waals surface area contributed by atoms with Gasteiger partial charge in [0.2, 0.25) is 0 Å². The van der Waals surface area contributed by atoms with Gasteiger partial charge in [-0.2, -0.15) is 0 Å². The van der Waals surface area contributed by atoms with E-state index in [0.717, 1.165) is 5.56 Å². The molecule has 0 aromatic heterocycles. The van der Waals surface area contributed by atoms with E-state index in [0.29, 0.717) is 18.3 Å². The van der Waals surface area contributed by atoms with Crippen LogP contribution in [-0.2, 0) is 0 Å². The average molecular weight is 286 g/mol. The first-order valence-electron chi connectivity index (χ1n) is 6.93. The molecule has 0 aliphatic heterocycles. The number of hydrogen-bond donors (Lipinski definition) is 2. The predicted molar refractivity (Wildman–Crippen MR) is 80.0 cm³/mol. The number of ether oxygens (including phenoxy) is 1. The number of phenols is 1. The van der Waals surface area contributed by atoms with Crippen LogP contribution < -0.4 is 10.5 Å². The lowest BCUT2D eigenvalue weighted by molar-refractivity contribution is 0.302. The van der Waals surface area contributed by atoms with Gasteiger partial charge in [-0.05, 0) is 43.4 Å². The van der Waals surface area contributed by atoms with Crippen molar-refractivity contribution in [1.82, 2.24) is 0 Å². The molecular weight excluding hydrogens is 262 g/mol. The molecule has 2 rings (SSSR count). The molecule has 0 radical (unpaired) electrons. The molecule has 0 unspecified atom stereocenters. The van der Waals surface area contributed by atoms with Crippen LogP contribution in [0.5, 0.6) is 11.5 Å². The lowest BCUT2D eigenvalue weighted by atomic mass is 9.81. The van der Waals surface area contributed by atoms with Gasteiger partial charge in [0.1, 0.15) is 0 Å². The highest BCUT2D eigenvalue weighted by atomic mass is 35.5. The first kappa shape index (κ1) is 16.1. The fourth-order valence-corrected chi connectivity index (χ4v) is 2.77. The van der Waals surface area contributed by atoms with Gasteiger partial charge < -0.3 is 15.6 Å². The Hall–Kier alpha value is -0.930. The summed E-state index contributed by atoms with van der Waals surface area (Å²) in [5.74, 6) is 1.30. The van der Waals surface area contributed by atoms with Gasteiger partial charge >= 0.3 is 0 Å². The molecule has 0 heterocycles. The zero-order chi connectivity index (χ0) is 13.0. The summed E-state index contributed by atoms with van der Waals surface area (Å²) >= 11 is 0. The molecule has 0 saturated heterocycles. The number of halogens is 1. The second-order valence-electron chi connectivity index (χ2n) is 5.08. The summed E-state index contributed by atoms with van der Waals surface area (Å²) < 4.78 is 5.41. The first-order valence-corrected chi connectivity index (χ1v) is 6.93. The molecule has 0 spiro atoms. The van der Waals surface area contributed by atoms with Crippen LogP contribution >= 0.6 is 12.4 Å². The maximum absolute atomic E-state index is 9.69. The van der Waals surface area contributed by atoms with Gasteiger partial charge in [0.25, 0.3) is 0 Å². The molecule has 1 fully saturated rings. The molecular formula is C15H24ClNO2. The second-order valence-corrected chi connectivity index (χ2v) is 5.08. The van der Waals surface area contributed by atoms with E-state index in [4.69, 9.17) is 10.5 Å². The van der Waals surface area contributed by atoms with E-state index in [1.807, 2.05) is 19.1 Å². The van der Waals surface area contributed by atoms with Gasteiger partial charge in [0.15, 0.2) is 11.5 Å². The molecule has 3 nitrogen and oxygen atoms in total. The van der Waals surface area contributed by atoms with E-state index < -0.39 is 0 Å². The fourth-order valence-electron chi connectivity index (χ4n) is 2.77. The normalized spacial score (nSPS) is 17.6. The number of benzene rings is 1. The lowest BCUT2D eigenvalue weighted by Crippen LogP contribution is -2.23. The van der Waals surface area contributed by atoms with Crippen molar-refractivity contribution in [3.05, 3.63) is 23.8 Å². The maximum Gasteiger partial charge on any atom is 0.161 e. The highest BCUT2D eigenvalue weighted by Crippen LogP contribution is 2.36. The van der Waals surface area contributed by atoms with Crippen LogP contribution in [-0.4, -0.2) is 11.7 Å². The van der Waals surface area contributed by atoms with E-state index in [2.05, 4.69) is 0 Å². The van der Waals surface area contributed by atoms with Gasteiger partial charge in [-0.3, -0.25) is 0 Å². The Morgan fingerprint density at radius 1 is 1.32 bits per heavy atom. The molecule has 4 heteroatoms. The van der Waals surface area contributed by atoms with Crippen LogP contribution in [0, 0.1) is 5.92 Å². The van der Waals surface area contributed by atoms with E-state index in [1.54, 1.807) is 6.07 Å². The van der Waals surface area contributed by atoms with Crippen LogP contribution in [0.15, 0.2) is 18.2 Å². The van der Waals surface area contributed by atoms with Crippen molar-refractivity contribution >= 4 is 12.4 Å². The number of aromatic hydroxyl groups is 1. The number of rotatable bonds is 4. The van der Waals surface area contributed by atoms with Crippen LogP contribution in [0.25, 0.3) is 0 Å². The van der Waals surface area contributed by atoms with Crippen molar-refractivity contribution in [2.45, 2.75) is 45.1 Å². The van der Waals surface area contributed by atoms with Gasteiger partial charge in [0.05, 0.1) is 6.61 Å². The quantitative estimate of drug-likeness (QED) is 0.885. The third kappa shape index (κ3) is 4.02. The monoisotopic (exact) mass is 285 g/mol. The average Bonchev–Trinajstić information content (AvgIpc) is 2.42. The van der Waals surface area contributed by atoms with Crippen LogP contribution in [0.2, 0.25) is 0 Å². The molecule has 3 N–H and O–H groups in total. The van der Waals surface area contributed by atoms with Crippen LogP contribution in [0.1, 0.15) is 50.6 Å². The van der Waals surface area contributed by atoms with E-state index in [1.165, 1.54) is 32.1 Å². The maximum atomic E-state index is 9.69. The summed E-state index contributed by atoms with van der Waals surface area (Å²) in [6.07, 6.45) is 6.34. The largest absolute Gasteiger partial charge is 0.504 e. The summed E-state index contributed by atoms with van der Waals surface area (Å²) in [7, 11) is 0. The third-order valence-corrected chi connectivity index (χ3v) is 3.83. The van der Waals surface area contributed by atoms with E-state index in [9.17, 15) is 5.11 Å². The minimum absolute atomic E-state index is 0. The smallest absolute Gasteiger partial charge is 0.161 e. The molecule has 1 aromatic carbocycles. The predicted octanol–water partition coefficient (Wildman–Crippen LogP) is 3.79. The fraction of sp³-hybridized carbons (Fsp3) is 0.600. The third-order valence-electron chi connectivity index (χ3n) is 3.83. The highest BCUT2D eigenvalue weighted by molar-refractivity contribution is 5.85. The van der Waals surface area contributed by atoms with E-state index >= 15 is 0 Å². The first-order chi connectivity index (χ1) is 8.72. The number of hydrogen-bond acceptors (Lipinski definition) is 3. The topological polar surface area (TPSA) is 55.5 Å². The number of nitrogens with two attached hydrogens (primary N) is 1. The van der Waals surface area contributed by atoms with Crippen LogP contribution in [0.4, 0.5) is 0 Å². The Balaban J connectivity index is 0.00000180. The van der Waals surface area contributed by atoms with Crippen molar-refractivity contribution in [2.75, 3.05) is 6.61 Å². The molecule has 1 aromatic rings. The Kier molecular flexibility index (Phi) is 6.46. The van der Waals surface area contributed by atoms with Crippen molar-refractivity contribution in [3.63, 3.8) is 0 Å². The molecule has 1 saturated carbocycles. The van der Waals surface area contributed by atoms with Gasteiger partial charge in [-0.15, -0.1) is 12.4 Å². The van der Waals surface area contributed by atoms with Crippen molar-refractivity contribution < 1.29 is 9.84 Å². The van der Waals surface area contributed by atoms with Gasteiger partial charge in [0, 0.05) is 6.04 Å². The second kappa shape index (κ2) is 7.61. The van der Waals surface area contributed by atoms with Gasteiger partial charge in [-0.25, -0.2) is 0 Å². The molecule has 0 amide bonds. The minimum atomic E-state index is 0. The van der Waals surface area contributed by atoms with Crippen molar-refractivity contribution in [3.8, 4) is 11.5 Å². The zero-order valence-electron chi connectivity index (χ0n) is 11.5. The minimum Gasteiger partial charge on any atom is -0.504 e. The molecule has 0 bridgehead atoms. The summed E-state index contributed by atoms with van der Waals surface area (Å²) in [5.41, 5.74) is 7.42. The van der Waals surface area contributed by atoms with Crippen molar-refractivity contribution in [1.29, 1.82) is 0 Å². The standard InChI is InChI=1S/C15H23NO2.ClH/c1-2-18-14-10-12(8-9-13(14)17)15(16)11-6-4-3-5-7-11;/h8-11,15,17H,2-7,16H2,1H3;1H/t15-;/m0./s1. The molecule has 1 aliphatic rings. The molecule has 1 aliphatic carbocycles. The Morgan fingerprint density at radius 2 is 2.00 bits per heavy atom. The number of phenolic OH excluding ortho intramolecular Hbond substituents is 1. The van der Waals surface area contributed by atoms with Gasteiger partial charge in [-0.1, -0.05) is 25.3 Å². The highest BCUT2D eigenvalue weighted by Gasteiger charge is 2.22. The Morgan fingerprint density at radius 3 is 2.63 bits per heavy atom. The lowest BCUT2D eigenvalue weighted by Gasteiger charge is -2.28. The SMILES string of the molecule is CCOc1cc([C@@H](N)C2CCCCC2)ccc1O.Cl. The molecule has 19 heavy (non-hydrogen) atoms. The van der Waals surface area contributed by atoms with Crippen LogP contribution in [0.3, 0.4) is 0 Å². The summed E-state index contributed by atoms with van der Waals surface area (Å²) in [5, 5.41) is 9.69. The van der Waals surface area contributed by atoms with Crippen molar-refractivity contribution in [2.24, 2.45) is 11.7 Å². The molecule has 108 valence electrons. The summed E-state index contributed by atoms with van der Waals surface area (Å²) in [6.45, 7) is 2.46. The Labute approximate surface area is 121 Å². The van der Waals surface area contributed by atoms with E-state index in [-0.39, 0.29) is 24.2 Å². The Bertz CT molecular complexity index is 392. The summed E-state index contributed by atoms with van der Waals surface area (Å²) in [6, 6.07) is 5.54. The molecule has 1 atom stereocenters.